The Labute approximate surface area is 149 Å². The van der Waals surface area contributed by atoms with Crippen LogP contribution >= 0.6 is 0 Å². The molecular weight excluding hydrogens is 320 g/mol. The fourth-order valence-corrected chi connectivity index (χ4v) is 5.21. The quantitative estimate of drug-likeness (QED) is 0.465. The standard InChI is InChI=1S/C20H30O5/c1-11(2)9-16(21)24-15-10-14(12(3)4)20(23)17-13(5)7-8-19(17,22)18(15,6)25-20/h9,12,14-15,17,22-23H,5,7-8,10H2,1-4,6H3/t14-,15-,17+,18+,19-,20-/m1/s1. The minimum atomic E-state index is -1.47. The van der Waals surface area contributed by atoms with E-state index in [0.29, 0.717) is 19.3 Å². The highest BCUT2D eigenvalue weighted by atomic mass is 16.7. The Bertz CT molecular complexity index is 634. The third-order valence-electron chi connectivity index (χ3n) is 6.45. The Hall–Kier alpha value is -1.17. The number of ether oxygens (including phenoxy) is 2. The maximum absolute atomic E-state index is 12.2. The Kier molecular flexibility index (Phi) is 4.22. The monoisotopic (exact) mass is 350 g/mol. The maximum Gasteiger partial charge on any atom is 0.331 e. The van der Waals surface area contributed by atoms with Crippen molar-refractivity contribution in [1.29, 1.82) is 0 Å². The van der Waals surface area contributed by atoms with Gasteiger partial charge in [-0.15, -0.1) is 0 Å². The van der Waals surface area contributed by atoms with Crippen LogP contribution in [-0.2, 0) is 14.3 Å². The van der Waals surface area contributed by atoms with Gasteiger partial charge in [-0.2, -0.15) is 0 Å². The van der Waals surface area contributed by atoms with Crippen LogP contribution in [0, 0.1) is 17.8 Å². The molecule has 2 saturated heterocycles. The minimum absolute atomic E-state index is 0.106. The second-order valence-corrected chi connectivity index (χ2v) is 8.71. The molecule has 0 unspecified atom stereocenters. The Balaban J connectivity index is 2.04. The van der Waals surface area contributed by atoms with Gasteiger partial charge in [-0.1, -0.05) is 31.6 Å². The van der Waals surface area contributed by atoms with E-state index in [2.05, 4.69) is 6.58 Å². The summed E-state index contributed by atoms with van der Waals surface area (Å²) in [5.74, 6) is -2.60. The average Bonchev–Trinajstić information content (AvgIpc) is 2.85. The Morgan fingerprint density at radius 3 is 2.60 bits per heavy atom. The van der Waals surface area contributed by atoms with Gasteiger partial charge in [-0.25, -0.2) is 4.79 Å². The van der Waals surface area contributed by atoms with Crippen LogP contribution in [-0.4, -0.2) is 39.3 Å². The molecule has 1 saturated carbocycles. The van der Waals surface area contributed by atoms with Crippen LogP contribution in [0.3, 0.4) is 0 Å². The SMILES string of the molecule is C=C1CC[C@@]2(O)[C@H]1[C@]1(O)O[C@@]2(C)[C@H](OC(=O)C=C(C)C)C[C@@H]1C(C)C. The number of allylic oxidation sites excluding steroid dienone is 1. The molecule has 2 aliphatic heterocycles. The molecule has 3 rings (SSSR count). The van der Waals surface area contributed by atoms with Gasteiger partial charge >= 0.3 is 5.97 Å². The van der Waals surface area contributed by atoms with Crippen LogP contribution in [0.2, 0.25) is 0 Å². The molecule has 0 aromatic heterocycles. The van der Waals surface area contributed by atoms with E-state index >= 15 is 0 Å². The van der Waals surface area contributed by atoms with Crippen LogP contribution in [0.4, 0.5) is 0 Å². The molecular formula is C20H30O5. The molecule has 0 aromatic rings. The van der Waals surface area contributed by atoms with E-state index in [4.69, 9.17) is 9.47 Å². The molecule has 1 aliphatic carbocycles. The summed E-state index contributed by atoms with van der Waals surface area (Å²) in [4.78, 5) is 12.2. The largest absolute Gasteiger partial charge is 0.456 e. The van der Waals surface area contributed by atoms with Crippen molar-refractivity contribution < 1.29 is 24.5 Å². The first-order chi connectivity index (χ1) is 11.5. The van der Waals surface area contributed by atoms with Gasteiger partial charge in [0.2, 0.25) is 0 Å². The zero-order valence-electron chi connectivity index (χ0n) is 15.8. The van der Waals surface area contributed by atoms with Gasteiger partial charge in [-0.05, 0) is 46.0 Å². The van der Waals surface area contributed by atoms with Crippen LogP contribution in [0.5, 0.6) is 0 Å². The topological polar surface area (TPSA) is 76.0 Å². The summed E-state index contributed by atoms with van der Waals surface area (Å²) in [5, 5.41) is 22.9. The number of hydrogen-bond donors (Lipinski definition) is 2. The number of hydrogen-bond acceptors (Lipinski definition) is 5. The van der Waals surface area contributed by atoms with Gasteiger partial charge in [0.15, 0.2) is 5.79 Å². The van der Waals surface area contributed by atoms with E-state index in [1.54, 1.807) is 6.92 Å². The number of carbonyl (C=O) groups is 1. The summed E-state index contributed by atoms with van der Waals surface area (Å²) in [7, 11) is 0. The zero-order chi connectivity index (χ0) is 18.8. The third-order valence-corrected chi connectivity index (χ3v) is 6.45. The molecule has 140 valence electrons. The number of rotatable bonds is 3. The fraction of sp³-hybridized carbons (Fsp3) is 0.750. The number of esters is 1. The predicted molar refractivity (Wildman–Crippen MR) is 93.5 cm³/mol. The van der Waals surface area contributed by atoms with E-state index in [1.807, 2.05) is 27.7 Å². The van der Waals surface area contributed by atoms with Crippen molar-refractivity contribution >= 4 is 5.97 Å². The van der Waals surface area contributed by atoms with Crippen molar-refractivity contribution in [2.75, 3.05) is 0 Å². The molecule has 2 N–H and O–H groups in total. The van der Waals surface area contributed by atoms with E-state index in [9.17, 15) is 15.0 Å². The highest BCUT2D eigenvalue weighted by Gasteiger charge is 2.78. The normalized spacial score (nSPS) is 45.4. The van der Waals surface area contributed by atoms with E-state index < -0.39 is 35.0 Å². The maximum atomic E-state index is 12.2. The van der Waals surface area contributed by atoms with Gasteiger partial charge in [0.25, 0.3) is 0 Å². The lowest BCUT2D eigenvalue weighted by Crippen LogP contribution is -2.61. The lowest BCUT2D eigenvalue weighted by molar-refractivity contribution is -0.321. The molecule has 3 fully saturated rings. The summed E-state index contributed by atoms with van der Waals surface area (Å²) >= 11 is 0. The molecule has 0 radical (unpaired) electrons. The smallest absolute Gasteiger partial charge is 0.331 e. The van der Waals surface area contributed by atoms with Gasteiger partial charge < -0.3 is 19.7 Å². The highest BCUT2D eigenvalue weighted by Crippen LogP contribution is 2.66. The van der Waals surface area contributed by atoms with Gasteiger partial charge in [0.05, 0.1) is 5.92 Å². The summed E-state index contributed by atoms with van der Waals surface area (Å²) in [6.45, 7) is 13.5. The third kappa shape index (κ3) is 2.43. The predicted octanol–water partition coefficient (Wildman–Crippen LogP) is 2.72. The van der Waals surface area contributed by atoms with Crippen molar-refractivity contribution in [3.8, 4) is 0 Å². The summed E-state index contributed by atoms with van der Waals surface area (Å²) in [6, 6.07) is 0. The zero-order valence-corrected chi connectivity index (χ0v) is 15.8. The molecule has 3 aliphatic rings. The summed E-state index contributed by atoms with van der Waals surface area (Å²) in [6.07, 6.45) is 2.38. The second-order valence-electron chi connectivity index (χ2n) is 8.71. The second kappa shape index (κ2) is 5.66. The van der Waals surface area contributed by atoms with Crippen LogP contribution in [0.25, 0.3) is 0 Å². The van der Waals surface area contributed by atoms with Crippen molar-refractivity contribution in [1.82, 2.24) is 0 Å². The van der Waals surface area contributed by atoms with Crippen LogP contribution in [0.15, 0.2) is 23.8 Å². The Morgan fingerprint density at radius 1 is 1.40 bits per heavy atom. The van der Waals surface area contributed by atoms with Gasteiger partial charge in [-0.3, -0.25) is 0 Å². The van der Waals surface area contributed by atoms with E-state index in [1.165, 1.54) is 6.08 Å². The van der Waals surface area contributed by atoms with E-state index in [0.717, 1.165) is 11.1 Å². The lowest BCUT2D eigenvalue weighted by Gasteiger charge is -2.48. The lowest BCUT2D eigenvalue weighted by atomic mass is 9.75. The van der Waals surface area contributed by atoms with Crippen LogP contribution < -0.4 is 0 Å². The molecule has 0 aromatic carbocycles. The average molecular weight is 350 g/mol. The molecule has 2 heterocycles. The summed E-state index contributed by atoms with van der Waals surface area (Å²) in [5.41, 5.74) is -0.766. The molecule has 5 heteroatoms. The molecule has 6 atom stereocenters. The molecule has 5 nitrogen and oxygen atoms in total. The molecule has 2 bridgehead atoms. The first-order valence-electron chi connectivity index (χ1n) is 9.14. The minimum Gasteiger partial charge on any atom is -0.456 e. The Morgan fingerprint density at radius 2 is 2.04 bits per heavy atom. The fourth-order valence-electron chi connectivity index (χ4n) is 5.21. The van der Waals surface area contributed by atoms with Crippen molar-refractivity contribution in [2.24, 2.45) is 17.8 Å². The van der Waals surface area contributed by atoms with E-state index in [-0.39, 0.29) is 11.8 Å². The van der Waals surface area contributed by atoms with Gasteiger partial charge in [0.1, 0.15) is 17.3 Å². The molecule has 25 heavy (non-hydrogen) atoms. The van der Waals surface area contributed by atoms with Gasteiger partial charge in [0, 0.05) is 12.0 Å². The number of aliphatic hydroxyl groups is 2. The number of fused-ring (bicyclic) bond motifs is 5. The van der Waals surface area contributed by atoms with Crippen LogP contribution in [0.1, 0.15) is 53.9 Å². The molecule has 0 spiro atoms. The van der Waals surface area contributed by atoms with Crippen molar-refractivity contribution in [3.05, 3.63) is 23.8 Å². The van der Waals surface area contributed by atoms with Crippen molar-refractivity contribution in [2.45, 2.75) is 77.0 Å². The highest BCUT2D eigenvalue weighted by molar-refractivity contribution is 5.82. The first kappa shape index (κ1) is 18.6. The summed E-state index contributed by atoms with van der Waals surface area (Å²) < 4.78 is 11.9. The van der Waals surface area contributed by atoms with Crippen molar-refractivity contribution in [3.63, 3.8) is 0 Å². The molecule has 0 amide bonds. The first-order valence-corrected chi connectivity index (χ1v) is 9.14. The number of carbonyl (C=O) groups excluding carboxylic acids is 1.